The Kier molecular flexibility index (Phi) is 6.93. The molecule has 2 fully saturated rings. The average molecular weight is 503 g/mol. The lowest BCUT2D eigenvalue weighted by molar-refractivity contribution is -0.133. The number of carbonyl (C=O) groups excluding carboxylic acids is 1. The second-order valence-corrected chi connectivity index (χ2v) is 10.9. The summed E-state index contributed by atoms with van der Waals surface area (Å²) in [6.07, 6.45) is 6.72. The summed E-state index contributed by atoms with van der Waals surface area (Å²) < 4.78 is 26.5. The van der Waals surface area contributed by atoms with Crippen LogP contribution in [0.4, 0.5) is 17.5 Å². The molecule has 35 heavy (non-hydrogen) atoms. The van der Waals surface area contributed by atoms with Crippen LogP contribution in [0.15, 0.2) is 18.6 Å². The number of amides is 1. The van der Waals surface area contributed by atoms with Crippen molar-refractivity contribution in [2.45, 2.75) is 18.9 Å². The monoisotopic (exact) mass is 502 g/mol. The molecule has 2 N–H and O–H groups in total. The molecule has 0 aromatic carbocycles. The summed E-state index contributed by atoms with van der Waals surface area (Å²) >= 11 is 0. The van der Waals surface area contributed by atoms with Gasteiger partial charge in [0.25, 0.3) is 0 Å². The Morgan fingerprint density at radius 3 is 2.54 bits per heavy atom. The number of hydrogen-bond acceptors (Lipinski definition) is 10. The summed E-state index contributed by atoms with van der Waals surface area (Å²) in [4.78, 5) is 27.5. The van der Waals surface area contributed by atoms with Gasteiger partial charge in [0.15, 0.2) is 0 Å². The van der Waals surface area contributed by atoms with Crippen molar-refractivity contribution in [3.63, 3.8) is 0 Å². The summed E-state index contributed by atoms with van der Waals surface area (Å²) in [5, 5.41) is 16.8. The first-order valence-corrected chi connectivity index (χ1v) is 13.2. The second-order valence-electron chi connectivity index (χ2n) is 9.10. The van der Waals surface area contributed by atoms with Gasteiger partial charge in [-0.25, -0.2) is 18.1 Å². The molecule has 4 heterocycles. The fourth-order valence-electron chi connectivity index (χ4n) is 4.55. The number of piperazine rings is 1. The molecule has 2 aliphatic rings. The van der Waals surface area contributed by atoms with Crippen LogP contribution in [-0.4, -0.2) is 101 Å². The molecule has 14 heteroatoms. The van der Waals surface area contributed by atoms with Crippen LogP contribution in [0.5, 0.6) is 0 Å². The Hall–Kier alpha value is -3.28. The molecule has 0 radical (unpaired) electrons. The predicted octanol–water partition coefficient (Wildman–Crippen LogP) is -0.572. The largest absolute Gasteiger partial charge is 0.352 e. The Balaban J connectivity index is 1.39. The zero-order chi connectivity index (χ0) is 25.2. The minimum absolute atomic E-state index is 0.238. The summed E-state index contributed by atoms with van der Waals surface area (Å²) in [5.74, 6) is 1.05. The van der Waals surface area contributed by atoms with E-state index in [9.17, 15) is 18.5 Å². The van der Waals surface area contributed by atoms with Crippen LogP contribution in [0.2, 0.25) is 0 Å². The number of carbonyl (C=O) groups is 1. The molecule has 2 aromatic heterocycles. The zero-order valence-corrected chi connectivity index (χ0v) is 20.9. The predicted molar refractivity (Wildman–Crippen MR) is 129 cm³/mol. The summed E-state index contributed by atoms with van der Waals surface area (Å²) in [5.41, 5.74) is 1.42. The SMILES string of the molecule is Cc1cnc(Nc2cnn(C)c2)nc1N1CC(CC#N)(N2CCN(C(=O)CNS(C)(=O)=O)CC2)C1. The highest BCUT2D eigenvalue weighted by atomic mass is 32.2. The number of aromatic nitrogens is 4. The molecule has 4 rings (SSSR count). The van der Waals surface area contributed by atoms with Gasteiger partial charge in [-0.3, -0.25) is 14.4 Å². The number of rotatable bonds is 8. The lowest BCUT2D eigenvalue weighted by Crippen LogP contribution is -2.73. The Labute approximate surface area is 204 Å². The number of anilines is 3. The second kappa shape index (κ2) is 9.76. The average Bonchev–Trinajstić information content (AvgIpc) is 3.20. The van der Waals surface area contributed by atoms with Crippen LogP contribution in [0.1, 0.15) is 12.0 Å². The molecule has 13 nitrogen and oxygen atoms in total. The summed E-state index contributed by atoms with van der Waals surface area (Å²) in [6.45, 7) is 5.24. The van der Waals surface area contributed by atoms with Crippen molar-refractivity contribution in [1.82, 2.24) is 34.3 Å². The number of nitriles is 1. The fourth-order valence-corrected chi connectivity index (χ4v) is 4.93. The maximum absolute atomic E-state index is 12.3. The van der Waals surface area contributed by atoms with Gasteiger partial charge < -0.3 is 15.1 Å². The summed E-state index contributed by atoms with van der Waals surface area (Å²) in [7, 11) is -1.58. The van der Waals surface area contributed by atoms with Gasteiger partial charge in [0.2, 0.25) is 21.9 Å². The van der Waals surface area contributed by atoms with Crippen LogP contribution in [0.25, 0.3) is 0 Å². The molecule has 0 aliphatic carbocycles. The highest BCUT2D eigenvalue weighted by molar-refractivity contribution is 7.88. The highest BCUT2D eigenvalue weighted by Crippen LogP contribution is 2.36. The zero-order valence-electron chi connectivity index (χ0n) is 20.1. The molecule has 2 aliphatic heterocycles. The van der Waals surface area contributed by atoms with E-state index in [1.807, 2.05) is 20.2 Å². The number of hydrogen-bond donors (Lipinski definition) is 2. The van der Waals surface area contributed by atoms with E-state index >= 15 is 0 Å². The lowest BCUT2D eigenvalue weighted by atomic mass is 9.83. The van der Waals surface area contributed by atoms with E-state index in [-0.39, 0.29) is 18.0 Å². The van der Waals surface area contributed by atoms with Gasteiger partial charge in [0, 0.05) is 64.3 Å². The van der Waals surface area contributed by atoms with Crippen LogP contribution in [-0.2, 0) is 21.9 Å². The maximum Gasteiger partial charge on any atom is 0.237 e. The van der Waals surface area contributed by atoms with E-state index in [1.54, 1.807) is 22.0 Å². The molecule has 2 aromatic rings. The first-order valence-electron chi connectivity index (χ1n) is 11.3. The third kappa shape index (κ3) is 5.69. The van der Waals surface area contributed by atoms with Gasteiger partial charge >= 0.3 is 0 Å². The smallest absolute Gasteiger partial charge is 0.237 e. The first-order chi connectivity index (χ1) is 16.6. The van der Waals surface area contributed by atoms with Crippen molar-refractivity contribution < 1.29 is 13.2 Å². The molecule has 188 valence electrons. The van der Waals surface area contributed by atoms with E-state index in [0.717, 1.165) is 23.3 Å². The van der Waals surface area contributed by atoms with Gasteiger partial charge in [-0.2, -0.15) is 15.3 Å². The maximum atomic E-state index is 12.3. The van der Waals surface area contributed by atoms with Crippen molar-refractivity contribution in [1.29, 1.82) is 5.26 Å². The third-order valence-corrected chi connectivity index (χ3v) is 7.04. The molecule has 2 saturated heterocycles. The standard InChI is InChI=1S/C21H30N10O3S/c1-16-10-23-20(26-17-11-24-28(2)13-17)27-19(16)30-14-21(15-30,4-5-22)31-8-6-29(7-9-31)18(32)12-25-35(3,33)34/h10-11,13,25H,4,6-9,12,14-15H2,1-3H3,(H,23,26,27). The van der Waals surface area contributed by atoms with Gasteiger partial charge in [-0.1, -0.05) is 0 Å². The molecule has 0 bridgehead atoms. The normalized spacial score (nSPS) is 18.1. The van der Waals surface area contributed by atoms with Crippen molar-refractivity contribution in [3.8, 4) is 6.07 Å². The van der Waals surface area contributed by atoms with Crippen LogP contribution >= 0.6 is 0 Å². The van der Waals surface area contributed by atoms with Crippen LogP contribution in [0.3, 0.4) is 0 Å². The quantitative estimate of drug-likeness (QED) is 0.480. The van der Waals surface area contributed by atoms with E-state index < -0.39 is 10.0 Å². The van der Waals surface area contributed by atoms with E-state index in [1.165, 1.54) is 0 Å². The Bertz CT molecular complexity index is 1220. The molecule has 0 unspecified atom stereocenters. The number of sulfonamides is 1. The highest BCUT2D eigenvalue weighted by Gasteiger charge is 2.49. The number of aryl methyl sites for hydroxylation is 2. The topological polar surface area (TPSA) is 152 Å². The van der Waals surface area contributed by atoms with E-state index in [0.29, 0.717) is 51.6 Å². The Morgan fingerprint density at radius 1 is 1.23 bits per heavy atom. The van der Waals surface area contributed by atoms with Gasteiger partial charge in [0.1, 0.15) is 5.82 Å². The van der Waals surface area contributed by atoms with Crippen molar-refractivity contribution >= 4 is 33.4 Å². The summed E-state index contributed by atoms with van der Waals surface area (Å²) in [6, 6.07) is 2.33. The fraction of sp³-hybridized carbons (Fsp3) is 0.571. The molecule has 0 spiro atoms. The van der Waals surface area contributed by atoms with Gasteiger partial charge in [-0.15, -0.1) is 0 Å². The molecule has 0 saturated carbocycles. The first kappa shape index (κ1) is 24.8. The molecule has 0 atom stereocenters. The number of nitrogens with one attached hydrogen (secondary N) is 2. The van der Waals surface area contributed by atoms with Crippen molar-refractivity contribution in [2.75, 3.05) is 62.3 Å². The van der Waals surface area contributed by atoms with Gasteiger partial charge in [0.05, 0.1) is 42.7 Å². The van der Waals surface area contributed by atoms with Gasteiger partial charge in [-0.05, 0) is 6.92 Å². The van der Waals surface area contributed by atoms with Crippen molar-refractivity contribution in [3.05, 3.63) is 24.2 Å². The van der Waals surface area contributed by atoms with Crippen molar-refractivity contribution in [2.24, 2.45) is 7.05 Å². The minimum atomic E-state index is -3.42. The molecular formula is C21H30N10O3S. The molecular weight excluding hydrogens is 472 g/mol. The lowest BCUT2D eigenvalue weighted by Gasteiger charge is -2.57. The van der Waals surface area contributed by atoms with E-state index in [2.05, 4.69) is 36.0 Å². The van der Waals surface area contributed by atoms with Crippen LogP contribution in [0, 0.1) is 18.3 Å². The Morgan fingerprint density at radius 2 is 1.94 bits per heavy atom. The minimum Gasteiger partial charge on any atom is -0.352 e. The number of nitrogens with zero attached hydrogens (tertiary/aromatic N) is 8. The van der Waals surface area contributed by atoms with E-state index in [4.69, 9.17) is 4.98 Å². The van der Waals surface area contributed by atoms with Crippen LogP contribution < -0.4 is 14.9 Å². The molecule has 1 amide bonds. The third-order valence-electron chi connectivity index (χ3n) is 6.37.